The highest BCUT2D eigenvalue weighted by molar-refractivity contribution is 5.60. The Morgan fingerprint density at radius 1 is 1.57 bits per heavy atom. The first-order valence-corrected chi connectivity index (χ1v) is 4.59. The molecule has 0 aromatic heterocycles. The minimum atomic E-state index is -0.652. The molecule has 14 heavy (non-hydrogen) atoms. The first-order valence-electron chi connectivity index (χ1n) is 4.59. The van der Waals surface area contributed by atoms with Gasteiger partial charge in [-0.15, -0.1) is 0 Å². The van der Waals surface area contributed by atoms with Gasteiger partial charge in [-0.05, 0) is 6.07 Å². The van der Waals surface area contributed by atoms with Crippen molar-refractivity contribution in [2.75, 3.05) is 5.32 Å². The van der Waals surface area contributed by atoms with Crippen molar-refractivity contribution in [2.24, 2.45) is 0 Å². The van der Waals surface area contributed by atoms with Gasteiger partial charge in [0.25, 0.3) is 0 Å². The fourth-order valence-electron chi connectivity index (χ4n) is 2.08. The van der Waals surface area contributed by atoms with E-state index in [-0.39, 0.29) is 6.10 Å². The van der Waals surface area contributed by atoms with Crippen LogP contribution in [0.2, 0.25) is 0 Å². The number of hydrogen-bond acceptors (Lipinski definition) is 3. The Morgan fingerprint density at radius 3 is 3.14 bits per heavy atom. The number of carbonyl (C=O) groups is 1. The maximum absolute atomic E-state index is 10.4. The standard InChI is InChI=1S/C10H10N2O2/c13-6-11-10-5-9(14-10)7-3-1-2-4-8(7)12-10/h1-4,6,9,12H,5H2,(H,11,13). The molecule has 1 aromatic carbocycles. The van der Waals surface area contributed by atoms with Crippen LogP contribution in [0, 0.1) is 0 Å². The minimum absolute atomic E-state index is 0.125. The van der Waals surface area contributed by atoms with E-state index in [2.05, 4.69) is 10.6 Å². The number of ether oxygens (including phenoxy) is 1. The van der Waals surface area contributed by atoms with Crippen molar-refractivity contribution in [1.29, 1.82) is 0 Å². The molecular formula is C10H10N2O2. The molecule has 3 heterocycles. The monoisotopic (exact) mass is 190 g/mol. The van der Waals surface area contributed by atoms with E-state index in [1.807, 2.05) is 24.3 Å². The van der Waals surface area contributed by atoms with Crippen molar-refractivity contribution >= 4 is 12.1 Å². The van der Waals surface area contributed by atoms with E-state index < -0.39 is 5.85 Å². The third-order valence-corrected chi connectivity index (χ3v) is 2.75. The molecule has 4 rings (SSSR count). The molecule has 72 valence electrons. The van der Waals surface area contributed by atoms with Gasteiger partial charge in [0, 0.05) is 17.7 Å². The van der Waals surface area contributed by atoms with Crippen molar-refractivity contribution < 1.29 is 9.53 Å². The predicted molar refractivity (Wildman–Crippen MR) is 50.4 cm³/mol. The molecule has 1 fully saturated rings. The number of para-hydroxylation sites is 1. The lowest BCUT2D eigenvalue weighted by molar-refractivity contribution is -0.214. The summed E-state index contributed by atoms with van der Waals surface area (Å²) in [5, 5.41) is 5.83. The molecule has 1 amide bonds. The number of rotatable bonds is 2. The average Bonchev–Trinajstić information content (AvgIpc) is 2.16. The van der Waals surface area contributed by atoms with Gasteiger partial charge in [0.1, 0.15) is 0 Å². The Labute approximate surface area is 81.3 Å². The van der Waals surface area contributed by atoms with Gasteiger partial charge in [-0.2, -0.15) is 0 Å². The highest BCUT2D eigenvalue weighted by Crippen LogP contribution is 2.49. The SMILES string of the molecule is O=CNC12CC(O1)c1ccccc1N2. The summed E-state index contributed by atoms with van der Waals surface area (Å²) in [6, 6.07) is 7.98. The summed E-state index contributed by atoms with van der Waals surface area (Å²) in [5.74, 6) is -0.652. The first-order chi connectivity index (χ1) is 6.83. The van der Waals surface area contributed by atoms with E-state index in [1.165, 1.54) is 5.56 Å². The van der Waals surface area contributed by atoms with Crippen LogP contribution in [0.25, 0.3) is 0 Å². The quantitative estimate of drug-likeness (QED) is 0.683. The van der Waals surface area contributed by atoms with Gasteiger partial charge in [0.2, 0.25) is 12.3 Å². The lowest BCUT2D eigenvalue weighted by Crippen LogP contribution is -2.64. The lowest BCUT2D eigenvalue weighted by atomic mass is 9.91. The summed E-state index contributed by atoms with van der Waals surface area (Å²) in [7, 11) is 0. The Hall–Kier alpha value is -1.55. The fourth-order valence-corrected chi connectivity index (χ4v) is 2.08. The number of nitrogens with one attached hydrogen (secondary N) is 2. The number of benzene rings is 1. The summed E-state index contributed by atoms with van der Waals surface area (Å²) in [6.07, 6.45) is 1.58. The molecule has 2 bridgehead atoms. The van der Waals surface area contributed by atoms with Crippen LogP contribution in [-0.4, -0.2) is 12.3 Å². The zero-order valence-electron chi connectivity index (χ0n) is 7.49. The zero-order valence-corrected chi connectivity index (χ0v) is 7.49. The number of amides is 1. The van der Waals surface area contributed by atoms with Crippen LogP contribution >= 0.6 is 0 Å². The molecule has 4 heteroatoms. The Bertz CT molecular complexity index is 385. The summed E-state index contributed by atoms with van der Waals surface area (Å²) in [6.45, 7) is 0. The largest absolute Gasteiger partial charge is 0.340 e. The minimum Gasteiger partial charge on any atom is -0.340 e. The third kappa shape index (κ3) is 0.886. The topological polar surface area (TPSA) is 50.4 Å². The van der Waals surface area contributed by atoms with Gasteiger partial charge in [0.15, 0.2) is 0 Å². The summed E-state index contributed by atoms with van der Waals surface area (Å²) >= 11 is 0. The van der Waals surface area contributed by atoms with Gasteiger partial charge in [-0.25, -0.2) is 0 Å². The third-order valence-electron chi connectivity index (χ3n) is 2.75. The van der Waals surface area contributed by atoms with E-state index in [0.29, 0.717) is 6.41 Å². The van der Waals surface area contributed by atoms with Crippen molar-refractivity contribution in [3.63, 3.8) is 0 Å². The number of hydrogen-bond donors (Lipinski definition) is 2. The second-order valence-electron chi connectivity index (χ2n) is 3.61. The van der Waals surface area contributed by atoms with Crippen LogP contribution in [0.5, 0.6) is 0 Å². The van der Waals surface area contributed by atoms with Gasteiger partial charge in [-0.1, -0.05) is 18.2 Å². The summed E-state index contributed by atoms with van der Waals surface area (Å²) < 4.78 is 5.58. The molecule has 3 aliphatic rings. The van der Waals surface area contributed by atoms with E-state index in [4.69, 9.17) is 4.74 Å². The van der Waals surface area contributed by atoms with E-state index in [0.717, 1.165) is 12.1 Å². The molecule has 0 radical (unpaired) electrons. The predicted octanol–water partition coefficient (Wildman–Crippen LogP) is 0.973. The number of carbonyl (C=O) groups excluding carboxylic acids is 1. The number of anilines is 1. The van der Waals surface area contributed by atoms with Gasteiger partial charge < -0.3 is 15.4 Å². The van der Waals surface area contributed by atoms with Crippen molar-refractivity contribution in [3.05, 3.63) is 29.8 Å². The highest BCUT2D eigenvalue weighted by atomic mass is 16.6. The van der Waals surface area contributed by atoms with Crippen LogP contribution in [0.4, 0.5) is 5.69 Å². The first kappa shape index (κ1) is 7.82. The molecule has 0 spiro atoms. The molecule has 0 saturated carbocycles. The van der Waals surface area contributed by atoms with Crippen LogP contribution in [0.3, 0.4) is 0 Å². The van der Waals surface area contributed by atoms with E-state index >= 15 is 0 Å². The molecule has 2 atom stereocenters. The van der Waals surface area contributed by atoms with E-state index in [9.17, 15) is 4.79 Å². The van der Waals surface area contributed by atoms with Crippen molar-refractivity contribution in [2.45, 2.75) is 18.4 Å². The molecule has 1 aromatic rings. The molecule has 2 unspecified atom stereocenters. The normalized spacial score (nSPS) is 32.1. The average molecular weight is 190 g/mol. The maximum atomic E-state index is 10.4. The second-order valence-corrected chi connectivity index (χ2v) is 3.61. The van der Waals surface area contributed by atoms with Crippen molar-refractivity contribution in [3.8, 4) is 0 Å². The summed E-state index contributed by atoms with van der Waals surface area (Å²) in [4.78, 5) is 10.4. The smallest absolute Gasteiger partial charge is 0.222 e. The van der Waals surface area contributed by atoms with Crippen LogP contribution < -0.4 is 10.6 Å². The van der Waals surface area contributed by atoms with Gasteiger partial charge in [-0.3, -0.25) is 4.79 Å². The van der Waals surface area contributed by atoms with Gasteiger partial charge in [0.05, 0.1) is 6.10 Å². The zero-order chi connectivity index (χ0) is 9.60. The molecule has 1 saturated heterocycles. The van der Waals surface area contributed by atoms with Crippen LogP contribution in [0.1, 0.15) is 18.1 Å². The lowest BCUT2D eigenvalue weighted by Gasteiger charge is -2.52. The van der Waals surface area contributed by atoms with Crippen LogP contribution in [0.15, 0.2) is 24.3 Å². The Balaban J connectivity index is 1.97. The summed E-state index contributed by atoms with van der Waals surface area (Å²) in [5.41, 5.74) is 2.21. The molecular weight excluding hydrogens is 180 g/mol. The molecule has 3 aliphatic heterocycles. The second kappa shape index (κ2) is 2.48. The fraction of sp³-hybridized carbons (Fsp3) is 0.300. The van der Waals surface area contributed by atoms with Gasteiger partial charge >= 0.3 is 0 Å². The van der Waals surface area contributed by atoms with E-state index in [1.54, 1.807) is 0 Å². The molecule has 2 N–H and O–H groups in total. The maximum Gasteiger partial charge on any atom is 0.222 e. The highest BCUT2D eigenvalue weighted by Gasteiger charge is 2.51. The Morgan fingerprint density at radius 2 is 2.36 bits per heavy atom. The van der Waals surface area contributed by atoms with Crippen molar-refractivity contribution in [1.82, 2.24) is 5.32 Å². The van der Waals surface area contributed by atoms with Crippen LogP contribution in [-0.2, 0) is 9.53 Å². The molecule has 4 nitrogen and oxygen atoms in total. The Kier molecular flexibility index (Phi) is 1.39. The molecule has 0 aliphatic carbocycles.